The third-order valence-electron chi connectivity index (χ3n) is 4.03. The fraction of sp³-hybridized carbons (Fsp3) is 0.0500. The molecule has 0 atom stereocenters. The summed E-state index contributed by atoms with van der Waals surface area (Å²) in [4.78, 5) is 12.4. The van der Waals surface area contributed by atoms with Crippen molar-refractivity contribution in [1.29, 1.82) is 0 Å². The van der Waals surface area contributed by atoms with Crippen molar-refractivity contribution < 1.29 is 17.6 Å². The maximum Gasteiger partial charge on any atom is 0.264 e. The summed E-state index contributed by atoms with van der Waals surface area (Å²) in [6.45, 7) is 0. The van der Waals surface area contributed by atoms with Gasteiger partial charge in [0.1, 0.15) is 5.82 Å². The van der Waals surface area contributed by atoms with Gasteiger partial charge in [0.15, 0.2) is 0 Å². The third-order valence-corrected chi connectivity index (χ3v) is 6.05. The molecule has 0 fully saturated rings. The second-order valence-corrected chi connectivity index (χ2v) is 8.35. The molecule has 0 heterocycles. The van der Waals surface area contributed by atoms with Gasteiger partial charge in [-0.3, -0.25) is 9.10 Å². The van der Waals surface area contributed by atoms with Crippen molar-refractivity contribution in [2.45, 2.75) is 4.90 Å². The van der Waals surface area contributed by atoms with Crippen LogP contribution in [0.4, 0.5) is 15.8 Å². The van der Waals surface area contributed by atoms with Crippen molar-refractivity contribution in [2.75, 3.05) is 16.7 Å². The van der Waals surface area contributed by atoms with Crippen molar-refractivity contribution in [3.05, 3.63) is 89.2 Å². The molecule has 28 heavy (non-hydrogen) atoms. The fourth-order valence-electron chi connectivity index (χ4n) is 2.50. The molecule has 3 aromatic carbocycles. The number of carbonyl (C=O) groups excluding carboxylic acids is 1. The molecule has 0 radical (unpaired) electrons. The Hall–Kier alpha value is -2.90. The van der Waals surface area contributed by atoms with Crippen molar-refractivity contribution in [3.8, 4) is 0 Å². The summed E-state index contributed by atoms with van der Waals surface area (Å²) in [6.07, 6.45) is 0. The lowest BCUT2D eigenvalue weighted by Crippen LogP contribution is -2.26. The van der Waals surface area contributed by atoms with E-state index < -0.39 is 21.7 Å². The molecule has 8 heteroatoms. The van der Waals surface area contributed by atoms with Gasteiger partial charge in [-0.2, -0.15) is 0 Å². The highest BCUT2D eigenvalue weighted by atomic mass is 35.5. The minimum Gasteiger partial charge on any atom is -0.322 e. The van der Waals surface area contributed by atoms with Gasteiger partial charge in [-0.15, -0.1) is 0 Å². The first-order valence-corrected chi connectivity index (χ1v) is 10.0. The largest absolute Gasteiger partial charge is 0.322 e. The van der Waals surface area contributed by atoms with Crippen LogP contribution in [0.25, 0.3) is 0 Å². The molecule has 0 saturated carbocycles. The van der Waals surface area contributed by atoms with Crippen LogP contribution in [-0.4, -0.2) is 21.4 Å². The molecule has 0 bridgehead atoms. The minimum absolute atomic E-state index is 0.0401. The standard InChI is InChI=1S/C20H16ClFN2O3S/c1-24(18-6-3-5-15(21)13-18)28(26,27)19-7-2-4-14(12-19)20(25)23-17-10-8-16(22)9-11-17/h2-13H,1H3,(H,23,25). The fourth-order valence-corrected chi connectivity index (χ4v) is 3.92. The van der Waals surface area contributed by atoms with Crippen LogP contribution in [0.3, 0.4) is 0 Å². The molecular formula is C20H16ClFN2O3S. The van der Waals surface area contributed by atoms with Crippen LogP contribution in [0, 0.1) is 5.82 Å². The van der Waals surface area contributed by atoms with E-state index in [1.165, 1.54) is 61.6 Å². The smallest absolute Gasteiger partial charge is 0.264 e. The number of anilines is 2. The number of nitrogens with one attached hydrogen (secondary N) is 1. The molecule has 0 unspecified atom stereocenters. The molecule has 1 N–H and O–H groups in total. The Balaban J connectivity index is 1.87. The van der Waals surface area contributed by atoms with Crippen LogP contribution in [0.1, 0.15) is 10.4 Å². The zero-order valence-electron chi connectivity index (χ0n) is 14.8. The molecule has 5 nitrogen and oxygen atoms in total. The first-order valence-electron chi connectivity index (χ1n) is 8.19. The summed E-state index contributed by atoms with van der Waals surface area (Å²) in [6, 6.07) is 17.4. The summed E-state index contributed by atoms with van der Waals surface area (Å²) < 4.78 is 39.9. The van der Waals surface area contributed by atoms with Gasteiger partial charge in [0.05, 0.1) is 10.6 Å². The molecular weight excluding hydrogens is 403 g/mol. The number of benzene rings is 3. The highest BCUT2D eigenvalue weighted by Gasteiger charge is 2.22. The van der Waals surface area contributed by atoms with E-state index in [1.807, 2.05) is 0 Å². The maximum atomic E-state index is 13.0. The van der Waals surface area contributed by atoms with Gasteiger partial charge < -0.3 is 5.32 Å². The third kappa shape index (κ3) is 4.32. The monoisotopic (exact) mass is 418 g/mol. The molecule has 0 saturated heterocycles. The van der Waals surface area contributed by atoms with Crippen molar-refractivity contribution in [3.63, 3.8) is 0 Å². The van der Waals surface area contributed by atoms with Crippen LogP contribution in [-0.2, 0) is 10.0 Å². The lowest BCUT2D eigenvalue weighted by Gasteiger charge is -2.20. The second kappa shape index (κ2) is 8.00. The number of amides is 1. The predicted molar refractivity (Wildman–Crippen MR) is 108 cm³/mol. The van der Waals surface area contributed by atoms with Gasteiger partial charge in [-0.1, -0.05) is 23.7 Å². The Morgan fingerprint density at radius 3 is 2.36 bits per heavy atom. The Morgan fingerprint density at radius 1 is 1.00 bits per heavy atom. The van der Waals surface area contributed by atoms with Crippen molar-refractivity contribution in [1.82, 2.24) is 0 Å². The predicted octanol–water partition coefficient (Wildman–Crippen LogP) is 4.56. The van der Waals surface area contributed by atoms with E-state index in [0.717, 1.165) is 4.31 Å². The lowest BCUT2D eigenvalue weighted by atomic mass is 10.2. The van der Waals surface area contributed by atoms with Crippen LogP contribution >= 0.6 is 11.6 Å². The average molecular weight is 419 g/mol. The first-order chi connectivity index (χ1) is 13.3. The van der Waals surface area contributed by atoms with Crippen molar-refractivity contribution in [2.24, 2.45) is 0 Å². The molecule has 0 spiro atoms. The molecule has 144 valence electrons. The molecule has 3 aromatic rings. The Labute approximate surface area is 167 Å². The summed E-state index contributed by atoms with van der Waals surface area (Å²) in [5.41, 5.74) is 0.953. The van der Waals surface area contributed by atoms with E-state index in [9.17, 15) is 17.6 Å². The zero-order valence-corrected chi connectivity index (χ0v) is 16.3. The summed E-state index contributed by atoms with van der Waals surface area (Å²) in [5, 5.41) is 3.01. The molecule has 1 amide bonds. The van der Waals surface area contributed by atoms with Gasteiger partial charge in [-0.25, -0.2) is 12.8 Å². The van der Waals surface area contributed by atoms with Gasteiger partial charge >= 0.3 is 0 Å². The molecule has 0 aliphatic heterocycles. The van der Waals surface area contributed by atoms with Crippen LogP contribution < -0.4 is 9.62 Å². The lowest BCUT2D eigenvalue weighted by molar-refractivity contribution is 0.102. The van der Waals surface area contributed by atoms with Gasteiger partial charge in [0, 0.05) is 23.3 Å². The molecule has 0 aliphatic rings. The van der Waals surface area contributed by atoms with E-state index in [1.54, 1.807) is 18.2 Å². The normalized spacial score (nSPS) is 11.1. The van der Waals surface area contributed by atoms with Gasteiger partial charge in [0.25, 0.3) is 15.9 Å². The highest BCUT2D eigenvalue weighted by molar-refractivity contribution is 7.92. The minimum atomic E-state index is -3.90. The summed E-state index contributed by atoms with van der Waals surface area (Å²) >= 11 is 5.94. The molecule has 0 aromatic heterocycles. The Kier molecular flexibility index (Phi) is 5.67. The quantitative estimate of drug-likeness (QED) is 0.660. The number of nitrogens with zero attached hydrogens (tertiary/aromatic N) is 1. The van der Waals surface area contributed by atoms with Crippen LogP contribution in [0.2, 0.25) is 5.02 Å². The van der Waals surface area contributed by atoms with E-state index in [-0.39, 0.29) is 10.5 Å². The van der Waals surface area contributed by atoms with E-state index in [4.69, 9.17) is 11.6 Å². The number of hydrogen-bond acceptors (Lipinski definition) is 3. The topological polar surface area (TPSA) is 66.5 Å². The average Bonchev–Trinajstić information content (AvgIpc) is 2.69. The summed E-state index contributed by atoms with van der Waals surface area (Å²) in [5.74, 6) is -0.927. The first kappa shape index (κ1) is 19.9. The zero-order chi connectivity index (χ0) is 20.3. The number of sulfonamides is 1. The number of hydrogen-bond donors (Lipinski definition) is 1. The molecule has 0 aliphatic carbocycles. The van der Waals surface area contributed by atoms with Crippen LogP contribution in [0.15, 0.2) is 77.7 Å². The van der Waals surface area contributed by atoms with Crippen molar-refractivity contribution >= 4 is 38.9 Å². The highest BCUT2D eigenvalue weighted by Crippen LogP contribution is 2.25. The summed E-state index contributed by atoms with van der Waals surface area (Å²) in [7, 11) is -2.49. The van der Waals surface area contributed by atoms with E-state index >= 15 is 0 Å². The van der Waals surface area contributed by atoms with E-state index in [0.29, 0.717) is 16.4 Å². The van der Waals surface area contributed by atoms with Gasteiger partial charge in [0.2, 0.25) is 0 Å². The maximum absolute atomic E-state index is 13.0. The van der Waals surface area contributed by atoms with Gasteiger partial charge in [-0.05, 0) is 60.7 Å². The SMILES string of the molecule is CN(c1cccc(Cl)c1)S(=O)(=O)c1cccc(C(=O)Nc2ccc(F)cc2)c1. The van der Waals surface area contributed by atoms with E-state index in [2.05, 4.69) is 5.32 Å². The Bertz CT molecular complexity index is 1120. The number of rotatable bonds is 5. The van der Waals surface area contributed by atoms with Crippen LogP contribution in [0.5, 0.6) is 0 Å². The number of halogens is 2. The number of carbonyl (C=O) groups is 1. The second-order valence-electron chi connectivity index (χ2n) is 5.94. The molecule has 3 rings (SSSR count). The Morgan fingerprint density at radius 2 is 1.68 bits per heavy atom.